The van der Waals surface area contributed by atoms with Gasteiger partial charge in [0.1, 0.15) is 0 Å². The van der Waals surface area contributed by atoms with Gasteiger partial charge in [0.05, 0.1) is 17.5 Å². The second-order valence-electron chi connectivity index (χ2n) is 7.60. The van der Waals surface area contributed by atoms with E-state index in [1.165, 1.54) is 23.3 Å². The Balaban J connectivity index is 1.36. The topological polar surface area (TPSA) is 95.7 Å². The average Bonchev–Trinajstić information content (AvgIpc) is 2.73. The van der Waals surface area contributed by atoms with Crippen molar-refractivity contribution in [1.29, 1.82) is 0 Å². The summed E-state index contributed by atoms with van der Waals surface area (Å²) >= 11 is 5.55. The van der Waals surface area contributed by atoms with Crippen molar-refractivity contribution in [3.63, 3.8) is 0 Å². The summed E-state index contributed by atoms with van der Waals surface area (Å²) in [5.74, 6) is 0.100. The molecule has 1 amide bonds. The second kappa shape index (κ2) is 8.33. The van der Waals surface area contributed by atoms with E-state index in [-0.39, 0.29) is 23.4 Å². The van der Waals surface area contributed by atoms with Crippen LogP contribution in [-0.2, 0) is 27.7 Å². The third-order valence-corrected chi connectivity index (χ3v) is 7.01. The van der Waals surface area contributed by atoms with Gasteiger partial charge in [-0.3, -0.25) is 4.79 Å². The van der Waals surface area contributed by atoms with Crippen LogP contribution in [0, 0.1) is 0 Å². The Morgan fingerprint density at radius 2 is 1.90 bits per heavy atom. The molecule has 2 aliphatic rings. The minimum absolute atomic E-state index is 0.0294. The highest BCUT2D eigenvalue weighted by Crippen LogP contribution is 2.32. The lowest BCUT2D eigenvalue weighted by molar-refractivity contribution is -0.138. The molecular formula is C21H24N4O3S2. The first-order chi connectivity index (χ1) is 14.3. The van der Waals surface area contributed by atoms with Crippen LogP contribution in [0.5, 0.6) is 0 Å². The molecule has 2 aliphatic heterocycles. The first-order valence-electron chi connectivity index (χ1n) is 9.85. The fourth-order valence-corrected chi connectivity index (χ4v) is 4.86. The molecular weight excluding hydrogens is 420 g/mol. The summed E-state index contributed by atoms with van der Waals surface area (Å²) in [6, 6.07) is 14.8. The van der Waals surface area contributed by atoms with E-state index in [1.54, 1.807) is 12.1 Å². The van der Waals surface area contributed by atoms with E-state index < -0.39 is 10.0 Å². The Labute approximate surface area is 181 Å². The van der Waals surface area contributed by atoms with Gasteiger partial charge in [-0.25, -0.2) is 13.6 Å². The number of nitrogens with zero attached hydrogens (tertiary/aromatic N) is 2. The van der Waals surface area contributed by atoms with Crippen LogP contribution in [0.2, 0.25) is 0 Å². The van der Waals surface area contributed by atoms with Gasteiger partial charge in [-0.05, 0) is 53.9 Å². The molecule has 158 valence electrons. The third kappa shape index (κ3) is 4.33. The zero-order valence-corrected chi connectivity index (χ0v) is 18.1. The number of hydrogen-bond donors (Lipinski definition) is 2. The maximum atomic E-state index is 12.7. The molecule has 0 unspecified atom stereocenters. The van der Waals surface area contributed by atoms with Crippen molar-refractivity contribution in [2.75, 3.05) is 26.2 Å². The molecule has 3 N–H and O–H groups in total. The molecule has 9 heteroatoms. The maximum absolute atomic E-state index is 12.7. The van der Waals surface area contributed by atoms with Gasteiger partial charge in [0.25, 0.3) is 0 Å². The number of nitrogens with one attached hydrogen (secondary N) is 1. The van der Waals surface area contributed by atoms with Crippen LogP contribution in [0.25, 0.3) is 0 Å². The van der Waals surface area contributed by atoms with Crippen molar-refractivity contribution in [2.24, 2.45) is 5.14 Å². The Hall–Kier alpha value is -2.49. The molecule has 0 aliphatic carbocycles. The molecule has 4 rings (SSSR count). The molecule has 2 heterocycles. The molecule has 1 atom stereocenters. The van der Waals surface area contributed by atoms with E-state index in [0.717, 1.165) is 18.5 Å². The SMILES string of the molecule is NS(=O)(=O)c1ccc(CCNC(=S)N2CC(=O)N3CCc4ccccc4[C@H]3C2)cc1. The lowest BCUT2D eigenvalue weighted by Gasteiger charge is -2.45. The summed E-state index contributed by atoms with van der Waals surface area (Å²) in [5.41, 5.74) is 3.48. The zero-order valence-electron chi connectivity index (χ0n) is 16.5. The number of hydrogen-bond acceptors (Lipinski definition) is 4. The van der Waals surface area contributed by atoms with Crippen molar-refractivity contribution < 1.29 is 13.2 Å². The van der Waals surface area contributed by atoms with E-state index >= 15 is 0 Å². The maximum Gasteiger partial charge on any atom is 0.242 e. The zero-order chi connectivity index (χ0) is 21.3. The van der Waals surface area contributed by atoms with Crippen LogP contribution in [0.4, 0.5) is 0 Å². The van der Waals surface area contributed by atoms with Crippen molar-refractivity contribution in [1.82, 2.24) is 15.1 Å². The predicted octanol–water partition coefficient (Wildman–Crippen LogP) is 1.19. The number of primary sulfonamides is 1. The van der Waals surface area contributed by atoms with Crippen LogP contribution in [0.15, 0.2) is 53.4 Å². The van der Waals surface area contributed by atoms with E-state index in [2.05, 4.69) is 17.4 Å². The molecule has 0 aromatic heterocycles. The molecule has 0 radical (unpaired) electrons. The van der Waals surface area contributed by atoms with Crippen molar-refractivity contribution >= 4 is 33.3 Å². The van der Waals surface area contributed by atoms with Crippen LogP contribution >= 0.6 is 12.2 Å². The van der Waals surface area contributed by atoms with E-state index in [9.17, 15) is 13.2 Å². The summed E-state index contributed by atoms with van der Waals surface area (Å²) in [4.78, 5) is 16.7. The fourth-order valence-electron chi connectivity index (χ4n) is 4.10. The number of carbonyl (C=O) groups excluding carboxylic acids is 1. The van der Waals surface area contributed by atoms with Gasteiger partial charge >= 0.3 is 0 Å². The quantitative estimate of drug-likeness (QED) is 0.688. The minimum Gasteiger partial charge on any atom is -0.362 e. The molecule has 30 heavy (non-hydrogen) atoms. The number of fused-ring (bicyclic) bond motifs is 3. The first-order valence-corrected chi connectivity index (χ1v) is 11.8. The van der Waals surface area contributed by atoms with Gasteiger partial charge in [0.15, 0.2) is 5.11 Å². The normalized spacial score (nSPS) is 18.6. The summed E-state index contributed by atoms with van der Waals surface area (Å²) in [6.45, 7) is 2.30. The van der Waals surface area contributed by atoms with Gasteiger partial charge in [0, 0.05) is 19.6 Å². The predicted molar refractivity (Wildman–Crippen MR) is 118 cm³/mol. The number of amides is 1. The lowest BCUT2D eigenvalue weighted by Crippen LogP contribution is -2.57. The summed E-state index contributed by atoms with van der Waals surface area (Å²) in [7, 11) is -3.68. The van der Waals surface area contributed by atoms with Crippen molar-refractivity contribution in [2.45, 2.75) is 23.8 Å². The number of nitrogens with two attached hydrogens (primary N) is 1. The third-order valence-electron chi connectivity index (χ3n) is 5.68. The minimum atomic E-state index is -3.68. The lowest BCUT2D eigenvalue weighted by atomic mass is 9.91. The molecule has 2 aromatic rings. The highest BCUT2D eigenvalue weighted by Gasteiger charge is 2.37. The number of sulfonamides is 1. The van der Waals surface area contributed by atoms with E-state index in [1.807, 2.05) is 21.9 Å². The molecule has 1 fully saturated rings. The Morgan fingerprint density at radius 1 is 1.17 bits per heavy atom. The number of rotatable bonds is 4. The Morgan fingerprint density at radius 3 is 2.63 bits per heavy atom. The van der Waals surface area contributed by atoms with Crippen molar-refractivity contribution in [3.05, 3.63) is 65.2 Å². The van der Waals surface area contributed by atoms with Crippen LogP contribution in [0.3, 0.4) is 0 Å². The Kier molecular flexibility index (Phi) is 5.77. The number of benzene rings is 2. The van der Waals surface area contributed by atoms with E-state index in [0.29, 0.717) is 24.6 Å². The summed E-state index contributed by atoms with van der Waals surface area (Å²) in [5, 5.41) is 8.91. The molecule has 1 saturated heterocycles. The number of thiocarbonyl (C=S) groups is 1. The summed E-state index contributed by atoms with van der Waals surface area (Å²) < 4.78 is 22.7. The van der Waals surface area contributed by atoms with Gasteiger partial charge in [-0.2, -0.15) is 0 Å². The molecule has 2 aromatic carbocycles. The van der Waals surface area contributed by atoms with Gasteiger partial charge in [-0.15, -0.1) is 0 Å². The molecule has 0 bridgehead atoms. The molecule has 0 saturated carbocycles. The van der Waals surface area contributed by atoms with Gasteiger partial charge < -0.3 is 15.1 Å². The largest absolute Gasteiger partial charge is 0.362 e. The highest BCUT2D eigenvalue weighted by molar-refractivity contribution is 7.89. The van der Waals surface area contributed by atoms with Crippen molar-refractivity contribution in [3.8, 4) is 0 Å². The van der Waals surface area contributed by atoms with Gasteiger partial charge in [0.2, 0.25) is 15.9 Å². The van der Waals surface area contributed by atoms with E-state index in [4.69, 9.17) is 17.4 Å². The first kappa shape index (κ1) is 20.8. The average molecular weight is 445 g/mol. The van der Waals surface area contributed by atoms with Crippen LogP contribution in [0.1, 0.15) is 22.7 Å². The molecule has 0 spiro atoms. The number of carbonyl (C=O) groups is 1. The standard InChI is InChI=1S/C21H24N4O3S2/c22-30(27,28)17-7-5-15(6-8-17)9-11-23-21(29)24-13-19-18-4-2-1-3-16(18)10-12-25(19)20(26)14-24/h1-8,19H,9-14H2,(H,23,29)(H2,22,27,28)/t19-/m1/s1. The smallest absolute Gasteiger partial charge is 0.242 e. The monoisotopic (exact) mass is 444 g/mol. The van der Waals surface area contributed by atoms with Gasteiger partial charge in [-0.1, -0.05) is 36.4 Å². The molecule has 7 nitrogen and oxygen atoms in total. The summed E-state index contributed by atoms with van der Waals surface area (Å²) in [6.07, 6.45) is 1.57. The van der Waals surface area contributed by atoms with Crippen LogP contribution < -0.4 is 10.5 Å². The second-order valence-corrected chi connectivity index (χ2v) is 9.55. The number of piperazine rings is 1. The van der Waals surface area contributed by atoms with Crippen LogP contribution in [-0.4, -0.2) is 55.4 Å². The Bertz CT molecular complexity index is 1070. The highest BCUT2D eigenvalue weighted by atomic mass is 32.2. The fraction of sp³-hybridized carbons (Fsp3) is 0.333.